The highest BCUT2D eigenvalue weighted by molar-refractivity contribution is 6.06. The Hall–Kier alpha value is -3.58. The zero-order valence-electron chi connectivity index (χ0n) is 20.3. The first kappa shape index (κ1) is 21.9. The quantitative estimate of drug-likeness (QED) is 0.440. The van der Waals surface area contributed by atoms with Crippen LogP contribution in [0, 0.1) is 13.8 Å². The molecule has 1 aromatic carbocycles. The predicted octanol–water partition coefficient (Wildman–Crippen LogP) is 4.27. The van der Waals surface area contributed by atoms with Crippen molar-refractivity contribution < 1.29 is 4.79 Å². The number of rotatable bonds is 5. The molecule has 1 aliphatic carbocycles. The molecule has 3 aromatic heterocycles. The molecular formula is C28H30N6O. The molecule has 35 heavy (non-hydrogen) atoms. The maximum Gasteiger partial charge on any atom is 0.254 e. The van der Waals surface area contributed by atoms with Crippen molar-refractivity contribution in [1.29, 1.82) is 0 Å². The minimum atomic E-state index is 0.0816. The lowest BCUT2D eigenvalue weighted by molar-refractivity contribution is 0.0630. The second kappa shape index (κ2) is 8.89. The van der Waals surface area contributed by atoms with Gasteiger partial charge in [0.2, 0.25) is 0 Å². The largest absolute Gasteiger partial charge is 0.336 e. The van der Waals surface area contributed by atoms with Gasteiger partial charge in [0.25, 0.3) is 5.91 Å². The van der Waals surface area contributed by atoms with Gasteiger partial charge < -0.3 is 4.90 Å². The minimum Gasteiger partial charge on any atom is -0.336 e. The van der Waals surface area contributed by atoms with Gasteiger partial charge in [-0.1, -0.05) is 35.9 Å². The molecule has 0 bridgehead atoms. The zero-order chi connectivity index (χ0) is 23.9. The van der Waals surface area contributed by atoms with E-state index in [1.807, 2.05) is 36.1 Å². The summed E-state index contributed by atoms with van der Waals surface area (Å²) < 4.78 is 1.78. The normalized spacial score (nSPS) is 16.7. The summed E-state index contributed by atoms with van der Waals surface area (Å²) >= 11 is 0. The van der Waals surface area contributed by atoms with Crippen LogP contribution < -0.4 is 0 Å². The molecule has 0 N–H and O–H groups in total. The number of nitrogens with zero attached hydrogens (tertiary/aromatic N) is 6. The summed E-state index contributed by atoms with van der Waals surface area (Å²) in [5.41, 5.74) is 5.87. The number of aryl methyl sites for hydroxylation is 2. The van der Waals surface area contributed by atoms with E-state index >= 15 is 0 Å². The summed E-state index contributed by atoms with van der Waals surface area (Å²) in [7, 11) is 0. The van der Waals surface area contributed by atoms with Gasteiger partial charge in [-0.05, 0) is 50.5 Å². The van der Waals surface area contributed by atoms with Crippen LogP contribution >= 0.6 is 0 Å². The molecule has 0 spiro atoms. The van der Waals surface area contributed by atoms with Crippen LogP contribution in [0.1, 0.15) is 51.6 Å². The van der Waals surface area contributed by atoms with Crippen LogP contribution in [-0.2, 0) is 6.54 Å². The number of carbonyl (C=O) groups is 1. The number of benzene rings is 1. The van der Waals surface area contributed by atoms with Crippen molar-refractivity contribution in [3.05, 3.63) is 82.8 Å². The molecule has 1 saturated heterocycles. The smallest absolute Gasteiger partial charge is 0.254 e. The van der Waals surface area contributed by atoms with Crippen LogP contribution in [0.5, 0.6) is 0 Å². The topological polar surface area (TPSA) is 67.2 Å². The van der Waals surface area contributed by atoms with E-state index in [4.69, 9.17) is 10.1 Å². The van der Waals surface area contributed by atoms with Crippen LogP contribution in [0.25, 0.3) is 16.9 Å². The van der Waals surface area contributed by atoms with Gasteiger partial charge >= 0.3 is 0 Å². The Morgan fingerprint density at radius 2 is 1.83 bits per heavy atom. The minimum absolute atomic E-state index is 0.0816. The van der Waals surface area contributed by atoms with Gasteiger partial charge in [0, 0.05) is 50.5 Å². The summed E-state index contributed by atoms with van der Waals surface area (Å²) in [5.74, 6) is 1.23. The van der Waals surface area contributed by atoms with Crippen molar-refractivity contribution in [2.75, 3.05) is 26.2 Å². The number of hydrogen-bond donors (Lipinski definition) is 0. The van der Waals surface area contributed by atoms with E-state index in [1.54, 1.807) is 10.9 Å². The van der Waals surface area contributed by atoms with Crippen molar-refractivity contribution in [2.24, 2.45) is 0 Å². The van der Waals surface area contributed by atoms with Crippen LogP contribution in [0.2, 0.25) is 0 Å². The van der Waals surface area contributed by atoms with Gasteiger partial charge in [-0.3, -0.25) is 9.69 Å². The summed E-state index contributed by atoms with van der Waals surface area (Å²) in [5, 5.41) is 5.59. The van der Waals surface area contributed by atoms with E-state index in [0.717, 1.165) is 73.6 Å². The van der Waals surface area contributed by atoms with E-state index in [9.17, 15) is 4.79 Å². The molecule has 0 radical (unpaired) electrons. The molecule has 0 atom stereocenters. The average Bonchev–Trinajstić information content (AvgIpc) is 3.68. The number of carbonyl (C=O) groups excluding carboxylic acids is 1. The van der Waals surface area contributed by atoms with Crippen LogP contribution in [0.15, 0.2) is 54.7 Å². The van der Waals surface area contributed by atoms with Crippen LogP contribution in [-0.4, -0.2) is 61.6 Å². The average molecular weight is 467 g/mol. The number of hydrogen-bond acceptors (Lipinski definition) is 5. The molecule has 2 aliphatic rings. The van der Waals surface area contributed by atoms with Crippen LogP contribution in [0.4, 0.5) is 0 Å². The van der Waals surface area contributed by atoms with E-state index in [2.05, 4.69) is 41.1 Å². The molecule has 178 valence electrons. The predicted molar refractivity (Wildman–Crippen MR) is 136 cm³/mol. The second-order valence-electron chi connectivity index (χ2n) is 9.81. The Morgan fingerprint density at radius 3 is 2.54 bits per heavy atom. The van der Waals surface area contributed by atoms with Gasteiger partial charge in [0.1, 0.15) is 0 Å². The van der Waals surface area contributed by atoms with Gasteiger partial charge in [0.05, 0.1) is 16.6 Å². The molecule has 1 amide bonds. The standard InChI is InChI=1S/C28H30N6O/c1-19-6-5-7-21(16-19)18-32-12-14-33(15-13-32)28(35)23-17-24(22-9-10-22)30-27-26(23)20(2)31-34(27)25-8-3-4-11-29-25/h3-8,11,16-17,22H,9-10,12-15,18H2,1-2H3. The number of aromatic nitrogens is 4. The number of pyridine rings is 2. The third kappa shape index (κ3) is 4.32. The highest BCUT2D eigenvalue weighted by Gasteiger charge is 2.31. The van der Waals surface area contributed by atoms with Crippen molar-refractivity contribution in [3.63, 3.8) is 0 Å². The van der Waals surface area contributed by atoms with Gasteiger partial charge in [0.15, 0.2) is 11.5 Å². The lowest BCUT2D eigenvalue weighted by Gasteiger charge is -2.35. The van der Waals surface area contributed by atoms with Gasteiger partial charge in [-0.15, -0.1) is 0 Å². The summed E-state index contributed by atoms with van der Waals surface area (Å²) in [6.07, 6.45) is 4.01. The zero-order valence-corrected chi connectivity index (χ0v) is 20.3. The van der Waals surface area contributed by atoms with Crippen molar-refractivity contribution in [2.45, 2.75) is 39.2 Å². The maximum atomic E-state index is 13.8. The summed E-state index contributed by atoms with van der Waals surface area (Å²) in [6.45, 7) is 8.19. The lowest BCUT2D eigenvalue weighted by Crippen LogP contribution is -2.48. The molecule has 1 aliphatic heterocycles. The Morgan fingerprint density at radius 1 is 1.00 bits per heavy atom. The summed E-state index contributed by atoms with van der Waals surface area (Å²) in [6, 6.07) is 16.4. The third-order valence-corrected chi connectivity index (χ3v) is 7.07. The van der Waals surface area contributed by atoms with E-state index < -0.39 is 0 Å². The fraction of sp³-hybridized carbons (Fsp3) is 0.357. The van der Waals surface area contributed by atoms with Crippen molar-refractivity contribution in [1.82, 2.24) is 29.5 Å². The molecule has 1 saturated carbocycles. The fourth-order valence-electron chi connectivity index (χ4n) is 5.05. The van der Waals surface area contributed by atoms with Crippen molar-refractivity contribution >= 4 is 16.9 Å². The molecule has 6 rings (SSSR count). The van der Waals surface area contributed by atoms with Gasteiger partial charge in [-0.2, -0.15) is 9.78 Å². The molecular weight excluding hydrogens is 436 g/mol. The maximum absolute atomic E-state index is 13.8. The highest BCUT2D eigenvalue weighted by atomic mass is 16.2. The first-order valence-corrected chi connectivity index (χ1v) is 12.5. The Kier molecular flexibility index (Phi) is 5.57. The number of amides is 1. The molecule has 0 unspecified atom stereocenters. The van der Waals surface area contributed by atoms with E-state index in [1.165, 1.54) is 11.1 Å². The Labute approximate surface area is 205 Å². The van der Waals surface area contributed by atoms with E-state index in [-0.39, 0.29) is 5.91 Å². The SMILES string of the molecule is Cc1cccc(CN2CCN(C(=O)c3cc(C4CC4)nc4c3c(C)nn4-c3ccccn3)CC2)c1. The molecule has 4 heterocycles. The monoisotopic (exact) mass is 466 g/mol. The third-order valence-electron chi connectivity index (χ3n) is 7.07. The molecule has 7 nitrogen and oxygen atoms in total. The van der Waals surface area contributed by atoms with Crippen LogP contribution in [0.3, 0.4) is 0 Å². The second-order valence-corrected chi connectivity index (χ2v) is 9.81. The van der Waals surface area contributed by atoms with Gasteiger partial charge in [-0.25, -0.2) is 9.97 Å². The molecule has 4 aromatic rings. The Bertz CT molecular complexity index is 1380. The molecule has 2 fully saturated rings. The fourth-order valence-corrected chi connectivity index (χ4v) is 5.05. The molecule has 7 heteroatoms. The highest BCUT2D eigenvalue weighted by Crippen LogP contribution is 2.41. The Balaban J connectivity index is 1.28. The van der Waals surface area contributed by atoms with E-state index in [0.29, 0.717) is 11.7 Å². The summed E-state index contributed by atoms with van der Waals surface area (Å²) in [4.78, 5) is 27.7. The first-order chi connectivity index (χ1) is 17.1. The number of piperazine rings is 1. The van der Waals surface area contributed by atoms with Crippen molar-refractivity contribution in [3.8, 4) is 5.82 Å². The first-order valence-electron chi connectivity index (χ1n) is 12.5. The number of fused-ring (bicyclic) bond motifs is 1. The lowest BCUT2D eigenvalue weighted by atomic mass is 10.1.